The molecule has 0 aromatic carbocycles. The SMILES string of the molecule is Cl.O=C(Cn1ccccc1=O)N[C@H]1CN(CC2CCC2)C[C@@H]1C1CC1. The van der Waals surface area contributed by atoms with E-state index in [9.17, 15) is 9.59 Å². The molecule has 0 spiro atoms. The monoisotopic (exact) mass is 365 g/mol. The predicted octanol–water partition coefficient (Wildman–Crippen LogP) is 1.90. The molecule has 4 rings (SSSR count). The summed E-state index contributed by atoms with van der Waals surface area (Å²) in [7, 11) is 0. The summed E-state index contributed by atoms with van der Waals surface area (Å²) in [5.41, 5.74) is -0.121. The number of halogens is 1. The number of nitrogens with one attached hydrogen (secondary N) is 1. The Morgan fingerprint density at radius 3 is 2.60 bits per heavy atom. The van der Waals surface area contributed by atoms with Crippen LogP contribution in [0.2, 0.25) is 0 Å². The second kappa shape index (κ2) is 7.92. The molecule has 138 valence electrons. The van der Waals surface area contributed by atoms with E-state index in [4.69, 9.17) is 0 Å². The molecule has 1 aliphatic heterocycles. The number of hydrogen-bond acceptors (Lipinski definition) is 3. The number of aromatic nitrogens is 1. The summed E-state index contributed by atoms with van der Waals surface area (Å²) in [4.78, 5) is 26.7. The van der Waals surface area contributed by atoms with Crippen LogP contribution in [0, 0.1) is 17.8 Å². The van der Waals surface area contributed by atoms with Gasteiger partial charge in [0.1, 0.15) is 6.54 Å². The first-order valence-electron chi connectivity index (χ1n) is 9.36. The van der Waals surface area contributed by atoms with Crippen molar-refractivity contribution in [3.05, 3.63) is 34.7 Å². The summed E-state index contributed by atoms with van der Waals surface area (Å²) in [5, 5.41) is 3.22. The first-order chi connectivity index (χ1) is 11.7. The number of carbonyl (C=O) groups is 1. The van der Waals surface area contributed by atoms with Crippen LogP contribution in [-0.4, -0.2) is 41.1 Å². The standard InChI is InChI=1S/C19H27N3O2.ClH/c23-18(13-22-9-2-1-6-19(22)24)20-17-12-21(10-14-4-3-5-14)11-16(17)15-7-8-15;/h1-2,6,9,14-17H,3-5,7-8,10-13H2,(H,20,23);1H/t16-,17+;/m1./s1. The fraction of sp³-hybridized carbons (Fsp3) is 0.684. The fourth-order valence-electron chi connectivity index (χ4n) is 4.26. The largest absolute Gasteiger partial charge is 0.350 e. The van der Waals surface area contributed by atoms with E-state index >= 15 is 0 Å². The van der Waals surface area contributed by atoms with E-state index in [1.165, 1.54) is 49.3 Å². The predicted molar refractivity (Wildman–Crippen MR) is 99.9 cm³/mol. The Balaban J connectivity index is 0.00000182. The first kappa shape index (κ1) is 18.5. The Morgan fingerprint density at radius 2 is 1.96 bits per heavy atom. The van der Waals surface area contributed by atoms with Crippen molar-refractivity contribution in [3.63, 3.8) is 0 Å². The summed E-state index contributed by atoms with van der Waals surface area (Å²) in [6, 6.07) is 5.24. The molecule has 0 bridgehead atoms. The number of likely N-dealkylation sites (tertiary alicyclic amines) is 1. The summed E-state index contributed by atoms with van der Waals surface area (Å²) >= 11 is 0. The molecule has 6 heteroatoms. The van der Waals surface area contributed by atoms with Gasteiger partial charge in [-0.2, -0.15) is 0 Å². The second-order valence-corrected chi connectivity index (χ2v) is 7.86. The highest BCUT2D eigenvalue weighted by Gasteiger charge is 2.43. The van der Waals surface area contributed by atoms with Crippen LogP contribution in [-0.2, 0) is 11.3 Å². The molecular formula is C19H28ClN3O2. The molecular weight excluding hydrogens is 338 g/mol. The molecule has 3 aliphatic rings. The third-order valence-corrected chi connectivity index (χ3v) is 5.97. The number of amides is 1. The van der Waals surface area contributed by atoms with E-state index in [0.717, 1.165) is 24.9 Å². The van der Waals surface area contributed by atoms with Crippen molar-refractivity contribution in [2.75, 3.05) is 19.6 Å². The molecule has 2 aliphatic carbocycles. The third-order valence-electron chi connectivity index (χ3n) is 5.97. The summed E-state index contributed by atoms with van der Waals surface area (Å²) in [5.74, 6) is 2.23. The zero-order chi connectivity index (χ0) is 16.5. The van der Waals surface area contributed by atoms with Gasteiger partial charge < -0.3 is 14.8 Å². The maximum Gasteiger partial charge on any atom is 0.250 e. The van der Waals surface area contributed by atoms with Gasteiger partial charge in [0.2, 0.25) is 5.91 Å². The van der Waals surface area contributed by atoms with Gasteiger partial charge in [-0.05, 0) is 49.5 Å². The Labute approximate surface area is 155 Å². The van der Waals surface area contributed by atoms with E-state index in [-0.39, 0.29) is 36.5 Å². The van der Waals surface area contributed by atoms with Gasteiger partial charge in [0.05, 0.1) is 0 Å². The van der Waals surface area contributed by atoms with Crippen molar-refractivity contribution in [3.8, 4) is 0 Å². The summed E-state index contributed by atoms with van der Waals surface area (Å²) in [6.07, 6.45) is 8.43. The van der Waals surface area contributed by atoms with Gasteiger partial charge in [0.15, 0.2) is 0 Å². The highest BCUT2D eigenvalue weighted by molar-refractivity contribution is 5.85. The highest BCUT2D eigenvalue weighted by Crippen LogP contribution is 2.42. The lowest BCUT2D eigenvalue weighted by Crippen LogP contribution is -2.43. The zero-order valence-corrected chi connectivity index (χ0v) is 15.4. The van der Waals surface area contributed by atoms with Gasteiger partial charge in [-0.25, -0.2) is 0 Å². The molecule has 25 heavy (non-hydrogen) atoms. The topological polar surface area (TPSA) is 54.3 Å². The maximum absolute atomic E-state index is 12.4. The molecule has 1 saturated heterocycles. The quantitative estimate of drug-likeness (QED) is 0.837. The van der Waals surface area contributed by atoms with E-state index in [2.05, 4.69) is 10.2 Å². The van der Waals surface area contributed by atoms with Crippen LogP contribution in [0.1, 0.15) is 32.1 Å². The smallest absolute Gasteiger partial charge is 0.250 e. The Kier molecular flexibility index (Phi) is 5.85. The number of rotatable bonds is 6. The lowest BCUT2D eigenvalue weighted by atomic mass is 9.85. The number of nitrogens with zero attached hydrogens (tertiary/aromatic N) is 2. The highest BCUT2D eigenvalue weighted by atomic mass is 35.5. The van der Waals surface area contributed by atoms with E-state index < -0.39 is 0 Å². The van der Waals surface area contributed by atoms with Crippen molar-refractivity contribution >= 4 is 18.3 Å². The molecule has 3 fully saturated rings. The fourth-order valence-corrected chi connectivity index (χ4v) is 4.26. The van der Waals surface area contributed by atoms with Gasteiger partial charge in [-0.15, -0.1) is 12.4 Å². The molecule has 2 saturated carbocycles. The number of carbonyl (C=O) groups excluding carboxylic acids is 1. The molecule has 1 aromatic heterocycles. The second-order valence-electron chi connectivity index (χ2n) is 7.86. The first-order valence-corrected chi connectivity index (χ1v) is 9.36. The van der Waals surface area contributed by atoms with Gasteiger partial charge in [-0.1, -0.05) is 12.5 Å². The van der Waals surface area contributed by atoms with Crippen molar-refractivity contribution < 1.29 is 4.79 Å². The van der Waals surface area contributed by atoms with Crippen LogP contribution in [0.15, 0.2) is 29.2 Å². The van der Waals surface area contributed by atoms with Gasteiger partial charge in [0, 0.05) is 37.9 Å². The van der Waals surface area contributed by atoms with Gasteiger partial charge >= 0.3 is 0 Å². The minimum absolute atomic E-state index is 0. The Hall–Kier alpha value is -1.33. The Morgan fingerprint density at radius 1 is 1.16 bits per heavy atom. The van der Waals surface area contributed by atoms with Crippen LogP contribution in [0.3, 0.4) is 0 Å². The Bertz CT molecular complexity index is 654. The number of pyridine rings is 1. The zero-order valence-electron chi connectivity index (χ0n) is 14.6. The lowest BCUT2D eigenvalue weighted by molar-refractivity contribution is -0.122. The van der Waals surface area contributed by atoms with Gasteiger partial charge in [-0.3, -0.25) is 9.59 Å². The van der Waals surface area contributed by atoms with E-state index in [1.54, 1.807) is 18.3 Å². The molecule has 0 unspecified atom stereocenters. The van der Waals surface area contributed by atoms with Crippen LogP contribution in [0.4, 0.5) is 0 Å². The average Bonchev–Trinajstić information content (AvgIpc) is 3.28. The molecule has 1 amide bonds. The van der Waals surface area contributed by atoms with Crippen molar-refractivity contribution in [2.45, 2.75) is 44.7 Å². The molecule has 0 radical (unpaired) electrons. The van der Waals surface area contributed by atoms with Crippen LogP contribution in [0.25, 0.3) is 0 Å². The van der Waals surface area contributed by atoms with Crippen molar-refractivity contribution in [1.82, 2.24) is 14.8 Å². The van der Waals surface area contributed by atoms with Crippen LogP contribution in [0.5, 0.6) is 0 Å². The van der Waals surface area contributed by atoms with E-state index in [0.29, 0.717) is 5.92 Å². The summed E-state index contributed by atoms with van der Waals surface area (Å²) < 4.78 is 1.47. The molecule has 1 aromatic rings. The molecule has 1 N–H and O–H groups in total. The molecule has 5 nitrogen and oxygen atoms in total. The van der Waals surface area contributed by atoms with Crippen LogP contribution < -0.4 is 10.9 Å². The van der Waals surface area contributed by atoms with Crippen LogP contribution >= 0.6 is 12.4 Å². The minimum Gasteiger partial charge on any atom is -0.350 e. The number of hydrogen-bond donors (Lipinski definition) is 1. The van der Waals surface area contributed by atoms with Gasteiger partial charge in [0.25, 0.3) is 5.56 Å². The minimum atomic E-state index is -0.121. The normalized spacial score (nSPS) is 26.7. The van der Waals surface area contributed by atoms with E-state index in [1.807, 2.05) is 0 Å². The maximum atomic E-state index is 12.4. The lowest BCUT2D eigenvalue weighted by Gasteiger charge is -2.30. The molecule has 2 atom stereocenters. The third kappa shape index (κ3) is 4.45. The summed E-state index contributed by atoms with van der Waals surface area (Å²) in [6.45, 7) is 3.44. The van der Waals surface area contributed by atoms with Crippen molar-refractivity contribution in [1.29, 1.82) is 0 Å². The van der Waals surface area contributed by atoms with Crippen molar-refractivity contribution in [2.24, 2.45) is 17.8 Å². The average molecular weight is 366 g/mol. The molecule has 2 heterocycles.